The van der Waals surface area contributed by atoms with Crippen molar-refractivity contribution in [1.82, 2.24) is 9.97 Å². The first-order valence-corrected chi connectivity index (χ1v) is 6.99. The summed E-state index contributed by atoms with van der Waals surface area (Å²) in [5.41, 5.74) is 2.06. The van der Waals surface area contributed by atoms with E-state index in [1.165, 1.54) is 6.33 Å². The SMILES string of the molecule is CCCc1c(NC)ncnc1Oc1cc(C)ccc1Cl. The Morgan fingerprint density at radius 3 is 2.80 bits per heavy atom. The molecular formula is C15H18ClN3O. The van der Waals surface area contributed by atoms with Crippen molar-refractivity contribution in [3.05, 3.63) is 40.7 Å². The molecule has 0 saturated carbocycles. The van der Waals surface area contributed by atoms with E-state index in [4.69, 9.17) is 16.3 Å². The molecule has 0 amide bonds. The molecule has 0 aliphatic heterocycles. The maximum atomic E-state index is 6.17. The third kappa shape index (κ3) is 3.20. The van der Waals surface area contributed by atoms with Crippen LogP contribution >= 0.6 is 11.6 Å². The molecule has 4 nitrogen and oxygen atoms in total. The van der Waals surface area contributed by atoms with Gasteiger partial charge in [0.05, 0.1) is 10.6 Å². The summed E-state index contributed by atoms with van der Waals surface area (Å²) < 4.78 is 5.89. The van der Waals surface area contributed by atoms with Gasteiger partial charge in [0, 0.05) is 7.05 Å². The predicted molar refractivity (Wildman–Crippen MR) is 81.8 cm³/mol. The molecule has 0 saturated heterocycles. The fraction of sp³-hybridized carbons (Fsp3) is 0.333. The van der Waals surface area contributed by atoms with E-state index in [1.807, 2.05) is 32.2 Å². The molecule has 0 fully saturated rings. The first-order chi connectivity index (χ1) is 9.65. The van der Waals surface area contributed by atoms with Crippen LogP contribution in [0.4, 0.5) is 5.82 Å². The normalized spacial score (nSPS) is 10.4. The Morgan fingerprint density at radius 1 is 1.30 bits per heavy atom. The second kappa shape index (κ2) is 6.57. The van der Waals surface area contributed by atoms with Gasteiger partial charge in [-0.2, -0.15) is 0 Å². The summed E-state index contributed by atoms with van der Waals surface area (Å²) in [4.78, 5) is 8.46. The van der Waals surface area contributed by atoms with Gasteiger partial charge in [0.1, 0.15) is 17.9 Å². The van der Waals surface area contributed by atoms with Crippen molar-refractivity contribution in [3.8, 4) is 11.6 Å². The Kier molecular flexibility index (Phi) is 4.79. The number of hydrogen-bond acceptors (Lipinski definition) is 4. The van der Waals surface area contributed by atoms with Gasteiger partial charge in [-0.3, -0.25) is 0 Å². The van der Waals surface area contributed by atoms with Crippen molar-refractivity contribution >= 4 is 17.4 Å². The number of nitrogens with one attached hydrogen (secondary N) is 1. The van der Waals surface area contributed by atoms with Crippen molar-refractivity contribution in [2.45, 2.75) is 26.7 Å². The monoisotopic (exact) mass is 291 g/mol. The molecule has 0 atom stereocenters. The number of aryl methyl sites for hydroxylation is 1. The minimum absolute atomic E-state index is 0.554. The molecule has 0 bridgehead atoms. The molecule has 2 rings (SSSR count). The van der Waals surface area contributed by atoms with Crippen molar-refractivity contribution in [3.63, 3.8) is 0 Å². The number of benzene rings is 1. The van der Waals surface area contributed by atoms with Crippen LogP contribution < -0.4 is 10.1 Å². The van der Waals surface area contributed by atoms with E-state index in [1.54, 1.807) is 0 Å². The third-order valence-corrected chi connectivity index (χ3v) is 3.25. The Morgan fingerprint density at radius 2 is 2.10 bits per heavy atom. The zero-order valence-electron chi connectivity index (χ0n) is 11.9. The lowest BCUT2D eigenvalue weighted by molar-refractivity contribution is 0.454. The minimum Gasteiger partial charge on any atom is -0.437 e. The fourth-order valence-electron chi connectivity index (χ4n) is 1.97. The topological polar surface area (TPSA) is 47.0 Å². The van der Waals surface area contributed by atoms with Crippen LogP contribution in [0.5, 0.6) is 11.6 Å². The van der Waals surface area contributed by atoms with E-state index in [-0.39, 0.29) is 0 Å². The molecule has 0 spiro atoms. The van der Waals surface area contributed by atoms with Crippen LogP contribution in [0.1, 0.15) is 24.5 Å². The highest BCUT2D eigenvalue weighted by Crippen LogP contribution is 2.32. The molecule has 0 radical (unpaired) electrons. The predicted octanol–water partition coefficient (Wildman–Crippen LogP) is 4.22. The molecule has 1 N–H and O–H groups in total. The standard InChI is InChI=1S/C15H18ClN3O/c1-4-5-11-14(17-3)18-9-19-15(11)20-13-8-10(2)6-7-12(13)16/h6-9H,4-5H2,1-3H3,(H,17,18,19). The van der Waals surface area contributed by atoms with Crippen LogP contribution in [0, 0.1) is 6.92 Å². The summed E-state index contributed by atoms with van der Waals surface area (Å²) in [5.74, 6) is 1.96. The van der Waals surface area contributed by atoms with Gasteiger partial charge in [0.2, 0.25) is 5.88 Å². The molecular weight excluding hydrogens is 274 g/mol. The second-order valence-electron chi connectivity index (χ2n) is 4.54. The first-order valence-electron chi connectivity index (χ1n) is 6.61. The molecule has 1 aromatic carbocycles. The zero-order valence-corrected chi connectivity index (χ0v) is 12.7. The molecule has 5 heteroatoms. The number of nitrogens with zero attached hydrogens (tertiary/aromatic N) is 2. The first kappa shape index (κ1) is 14.6. The van der Waals surface area contributed by atoms with Gasteiger partial charge in [-0.05, 0) is 31.0 Å². The van der Waals surface area contributed by atoms with E-state index in [9.17, 15) is 0 Å². The Labute approximate surface area is 124 Å². The van der Waals surface area contributed by atoms with Gasteiger partial charge < -0.3 is 10.1 Å². The van der Waals surface area contributed by atoms with Crippen molar-refractivity contribution in [1.29, 1.82) is 0 Å². The van der Waals surface area contributed by atoms with Crippen LogP contribution in [0.2, 0.25) is 5.02 Å². The summed E-state index contributed by atoms with van der Waals surface area (Å²) in [7, 11) is 1.84. The average Bonchev–Trinajstić information content (AvgIpc) is 2.45. The van der Waals surface area contributed by atoms with E-state index in [0.717, 1.165) is 29.8 Å². The van der Waals surface area contributed by atoms with Crippen molar-refractivity contribution in [2.75, 3.05) is 12.4 Å². The van der Waals surface area contributed by atoms with Gasteiger partial charge in [0.25, 0.3) is 0 Å². The third-order valence-electron chi connectivity index (χ3n) is 2.94. The molecule has 20 heavy (non-hydrogen) atoms. The van der Waals surface area contributed by atoms with Crippen molar-refractivity contribution in [2.24, 2.45) is 0 Å². The smallest absolute Gasteiger partial charge is 0.227 e. The molecule has 106 valence electrons. The Balaban J connectivity index is 2.39. The number of anilines is 1. The summed E-state index contributed by atoms with van der Waals surface area (Å²) in [6.07, 6.45) is 3.32. The highest BCUT2D eigenvalue weighted by molar-refractivity contribution is 6.32. The van der Waals surface area contributed by atoms with Gasteiger partial charge in [0.15, 0.2) is 0 Å². The van der Waals surface area contributed by atoms with Crippen molar-refractivity contribution < 1.29 is 4.74 Å². The highest BCUT2D eigenvalue weighted by atomic mass is 35.5. The van der Waals surface area contributed by atoms with Crippen LogP contribution in [-0.2, 0) is 6.42 Å². The highest BCUT2D eigenvalue weighted by Gasteiger charge is 2.13. The number of rotatable bonds is 5. The lowest BCUT2D eigenvalue weighted by Crippen LogP contribution is -2.03. The number of halogens is 1. The van der Waals surface area contributed by atoms with Crippen LogP contribution in [0.3, 0.4) is 0 Å². The van der Waals surface area contributed by atoms with Crippen LogP contribution in [0.25, 0.3) is 0 Å². The zero-order chi connectivity index (χ0) is 14.5. The van der Waals surface area contributed by atoms with E-state index in [2.05, 4.69) is 22.2 Å². The number of aromatic nitrogens is 2. The van der Waals surface area contributed by atoms with Gasteiger partial charge in [-0.1, -0.05) is 31.0 Å². The quantitative estimate of drug-likeness (QED) is 0.896. The maximum absolute atomic E-state index is 6.17. The Hall–Kier alpha value is -1.81. The minimum atomic E-state index is 0.554. The number of hydrogen-bond donors (Lipinski definition) is 1. The van der Waals surface area contributed by atoms with Crippen LogP contribution in [0.15, 0.2) is 24.5 Å². The van der Waals surface area contributed by atoms with E-state index in [0.29, 0.717) is 16.7 Å². The molecule has 0 unspecified atom stereocenters. The molecule has 0 aliphatic rings. The lowest BCUT2D eigenvalue weighted by Gasteiger charge is -2.13. The van der Waals surface area contributed by atoms with Gasteiger partial charge >= 0.3 is 0 Å². The fourth-order valence-corrected chi connectivity index (χ4v) is 2.12. The van der Waals surface area contributed by atoms with Gasteiger partial charge in [-0.25, -0.2) is 9.97 Å². The summed E-state index contributed by atoms with van der Waals surface area (Å²) in [6, 6.07) is 5.67. The number of ether oxygens (including phenoxy) is 1. The largest absolute Gasteiger partial charge is 0.437 e. The van der Waals surface area contributed by atoms with Gasteiger partial charge in [-0.15, -0.1) is 0 Å². The summed E-state index contributed by atoms with van der Waals surface area (Å²) >= 11 is 6.17. The van der Waals surface area contributed by atoms with E-state index >= 15 is 0 Å². The molecule has 1 heterocycles. The maximum Gasteiger partial charge on any atom is 0.227 e. The summed E-state index contributed by atoms with van der Waals surface area (Å²) in [6.45, 7) is 4.10. The molecule has 2 aromatic rings. The lowest BCUT2D eigenvalue weighted by atomic mass is 10.1. The van der Waals surface area contributed by atoms with E-state index < -0.39 is 0 Å². The molecule has 1 aromatic heterocycles. The average molecular weight is 292 g/mol. The molecule has 0 aliphatic carbocycles. The van der Waals surface area contributed by atoms with Crippen LogP contribution in [-0.4, -0.2) is 17.0 Å². The summed E-state index contributed by atoms with van der Waals surface area (Å²) in [5, 5.41) is 3.64. The Bertz CT molecular complexity index is 602. The second-order valence-corrected chi connectivity index (χ2v) is 4.95.